The summed E-state index contributed by atoms with van der Waals surface area (Å²) in [6, 6.07) is 0. The highest BCUT2D eigenvalue weighted by atomic mass is 16.6. The van der Waals surface area contributed by atoms with Gasteiger partial charge in [0.25, 0.3) is 0 Å². The molecule has 15 heavy (non-hydrogen) atoms. The molecule has 1 amide bonds. The van der Waals surface area contributed by atoms with Crippen molar-refractivity contribution in [2.45, 2.75) is 26.4 Å². The predicted octanol–water partition coefficient (Wildman–Crippen LogP) is 2.29. The average molecular weight is 209 g/mol. The van der Waals surface area contributed by atoms with Crippen LogP contribution in [0.4, 0.5) is 4.79 Å². The second-order valence-electron chi connectivity index (χ2n) is 3.59. The first-order valence-electron chi connectivity index (χ1n) is 4.93. The van der Waals surface area contributed by atoms with Crippen LogP contribution in [0.15, 0.2) is 12.7 Å². The summed E-state index contributed by atoms with van der Waals surface area (Å²) in [7, 11) is 3.30. The molecule has 0 N–H and O–H groups in total. The zero-order chi connectivity index (χ0) is 11.8. The SMILES string of the molecule is C=C[C@@H](OC(=O)N(C)C)[C@@H](C)CC#CC. The Labute approximate surface area is 92.1 Å². The highest BCUT2D eigenvalue weighted by Crippen LogP contribution is 2.13. The average Bonchev–Trinajstić information content (AvgIpc) is 2.21. The minimum absolute atomic E-state index is 0.166. The van der Waals surface area contributed by atoms with Crippen LogP contribution in [0.2, 0.25) is 0 Å². The van der Waals surface area contributed by atoms with Crippen molar-refractivity contribution in [2.24, 2.45) is 5.92 Å². The third kappa shape index (κ3) is 5.11. The molecule has 0 heterocycles. The van der Waals surface area contributed by atoms with Crippen LogP contribution in [0, 0.1) is 17.8 Å². The maximum absolute atomic E-state index is 11.3. The third-order valence-electron chi connectivity index (χ3n) is 2.00. The summed E-state index contributed by atoms with van der Waals surface area (Å²) in [5.41, 5.74) is 0. The number of rotatable bonds is 4. The van der Waals surface area contributed by atoms with Crippen molar-refractivity contribution in [3.05, 3.63) is 12.7 Å². The molecule has 0 aliphatic rings. The first-order chi connectivity index (χ1) is 7.02. The molecular formula is C12H19NO2. The summed E-state index contributed by atoms with van der Waals surface area (Å²) in [5, 5.41) is 0. The largest absolute Gasteiger partial charge is 0.442 e. The molecule has 2 atom stereocenters. The summed E-state index contributed by atoms with van der Waals surface area (Å²) < 4.78 is 5.22. The lowest BCUT2D eigenvalue weighted by Crippen LogP contribution is -2.30. The molecule has 0 unspecified atom stereocenters. The standard InChI is InChI=1S/C12H19NO2/c1-6-8-9-10(3)11(7-2)15-12(14)13(4)5/h7,10-11H,2,9H2,1,3-5H3/t10-,11+/m0/s1. The molecule has 0 rings (SSSR count). The number of nitrogens with zero attached hydrogens (tertiary/aromatic N) is 1. The molecule has 0 radical (unpaired) electrons. The van der Waals surface area contributed by atoms with Crippen molar-refractivity contribution in [1.82, 2.24) is 4.90 Å². The van der Waals surface area contributed by atoms with Gasteiger partial charge in [-0.25, -0.2) is 4.79 Å². The number of ether oxygens (including phenoxy) is 1. The van der Waals surface area contributed by atoms with E-state index in [9.17, 15) is 4.79 Å². The van der Waals surface area contributed by atoms with Crippen LogP contribution in [0.1, 0.15) is 20.3 Å². The molecule has 84 valence electrons. The number of carbonyl (C=O) groups is 1. The van der Waals surface area contributed by atoms with Gasteiger partial charge in [-0.1, -0.05) is 19.6 Å². The van der Waals surface area contributed by atoms with Crippen molar-refractivity contribution in [3.8, 4) is 11.8 Å². The van der Waals surface area contributed by atoms with Crippen molar-refractivity contribution < 1.29 is 9.53 Å². The number of hydrogen-bond donors (Lipinski definition) is 0. The Balaban J connectivity index is 4.27. The molecule has 0 saturated carbocycles. The van der Waals surface area contributed by atoms with Crippen LogP contribution >= 0.6 is 0 Å². The van der Waals surface area contributed by atoms with Gasteiger partial charge in [0.05, 0.1) is 0 Å². The molecule has 3 heteroatoms. The Morgan fingerprint density at radius 2 is 2.20 bits per heavy atom. The van der Waals surface area contributed by atoms with E-state index in [-0.39, 0.29) is 18.1 Å². The minimum atomic E-state index is -0.351. The van der Waals surface area contributed by atoms with E-state index in [2.05, 4.69) is 18.4 Å². The van der Waals surface area contributed by atoms with Gasteiger partial charge in [0.2, 0.25) is 0 Å². The van der Waals surface area contributed by atoms with E-state index in [0.717, 1.165) is 0 Å². The van der Waals surface area contributed by atoms with Gasteiger partial charge in [-0.3, -0.25) is 0 Å². The zero-order valence-corrected chi connectivity index (χ0v) is 9.91. The van der Waals surface area contributed by atoms with Gasteiger partial charge < -0.3 is 9.64 Å². The molecule has 3 nitrogen and oxygen atoms in total. The quantitative estimate of drug-likeness (QED) is 0.525. The fraction of sp³-hybridized carbons (Fsp3) is 0.583. The van der Waals surface area contributed by atoms with Gasteiger partial charge >= 0.3 is 6.09 Å². The molecule has 0 aromatic carbocycles. The molecule has 0 aliphatic heterocycles. The molecule has 0 spiro atoms. The second-order valence-corrected chi connectivity index (χ2v) is 3.59. The highest BCUT2D eigenvalue weighted by molar-refractivity contribution is 5.67. The lowest BCUT2D eigenvalue weighted by Gasteiger charge is -2.21. The summed E-state index contributed by atoms with van der Waals surface area (Å²) in [4.78, 5) is 12.7. The first-order valence-corrected chi connectivity index (χ1v) is 4.93. The maximum atomic E-state index is 11.3. The predicted molar refractivity (Wildman–Crippen MR) is 61.4 cm³/mol. The fourth-order valence-corrected chi connectivity index (χ4v) is 0.998. The van der Waals surface area contributed by atoms with Gasteiger partial charge in [-0.05, 0) is 6.92 Å². The molecule has 0 aliphatic carbocycles. The van der Waals surface area contributed by atoms with Crippen LogP contribution < -0.4 is 0 Å². The zero-order valence-electron chi connectivity index (χ0n) is 9.91. The number of amides is 1. The van der Waals surface area contributed by atoms with Gasteiger partial charge in [0.1, 0.15) is 6.10 Å². The smallest absolute Gasteiger partial charge is 0.409 e. The summed E-state index contributed by atoms with van der Waals surface area (Å²) in [6.45, 7) is 7.44. The molecule has 0 saturated heterocycles. The topological polar surface area (TPSA) is 29.5 Å². The van der Waals surface area contributed by atoms with Gasteiger partial charge in [0, 0.05) is 26.4 Å². The van der Waals surface area contributed by atoms with Crippen molar-refractivity contribution in [2.75, 3.05) is 14.1 Å². The lowest BCUT2D eigenvalue weighted by atomic mass is 10.0. The van der Waals surface area contributed by atoms with E-state index >= 15 is 0 Å². The first kappa shape index (κ1) is 13.6. The van der Waals surface area contributed by atoms with Gasteiger partial charge in [0.15, 0.2) is 0 Å². The maximum Gasteiger partial charge on any atom is 0.409 e. The molecule has 0 aromatic rings. The Bertz CT molecular complexity index is 273. The van der Waals surface area contributed by atoms with E-state index in [1.807, 2.05) is 6.92 Å². The van der Waals surface area contributed by atoms with E-state index in [4.69, 9.17) is 4.74 Å². The van der Waals surface area contributed by atoms with E-state index in [1.54, 1.807) is 27.1 Å². The number of carbonyl (C=O) groups excluding carboxylic acids is 1. The van der Waals surface area contributed by atoms with E-state index in [1.165, 1.54) is 4.90 Å². The number of hydrogen-bond acceptors (Lipinski definition) is 2. The van der Waals surface area contributed by atoms with Crippen LogP contribution in [-0.2, 0) is 4.74 Å². The lowest BCUT2D eigenvalue weighted by molar-refractivity contribution is 0.0725. The molecule has 0 fully saturated rings. The summed E-state index contributed by atoms with van der Waals surface area (Å²) in [5.74, 6) is 5.95. The van der Waals surface area contributed by atoms with Crippen molar-refractivity contribution in [1.29, 1.82) is 0 Å². The summed E-state index contributed by atoms with van der Waals surface area (Å²) >= 11 is 0. The van der Waals surface area contributed by atoms with Gasteiger partial charge in [-0.15, -0.1) is 11.8 Å². The molecular weight excluding hydrogens is 190 g/mol. The molecule has 0 aromatic heterocycles. The van der Waals surface area contributed by atoms with Crippen LogP contribution in [0.5, 0.6) is 0 Å². The monoisotopic (exact) mass is 209 g/mol. The van der Waals surface area contributed by atoms with Crippen LogP contribution in [0.3, 0.4) is 0 Å². The van der Waals surface area contributed by atoms with Gasteiger partial charge in [-0.2, -0.15) is 0 Å². The molecule has 0 bridgehead atoms. The summed E-state index contributed by atoms with van der Waals surface area (Å²) in [6.07, 6.45) is 1.72. The second kappa shape index (κ2) is 6.94. The normalized spacial score (nSPS) is 13.1. The van der Waals surface area contributed by atoms with Crippen molar-refractivity contribution >= 4 is 6.09 Å². The van der Waals surface area contributed by atoms with Crippen LogP contribution in [-0.4, -0.2) is 31.2 Å². The minimum Gasteiger partial charge on any atom is -0.442 e. The Hall–Kier alpha value is -1.43. The third-order valence-corrected chi connectivity index (χ3v) is 2.00. The van der Waals surface area contributed by atoms with Crippen LogP contribution in [0.25, 0.3) is 0 Å². The van der Waals surface area contributed by atoms with Crippen molar-refractivity contribution in [3.63, 3.8) is 0 Å². The Morgan fingerprint density at radius 1 is 1.60 bits per heavy atom. The Morgan fingerprint density at radius 3 is 2.60 bits per heavy atom. The Kier molecular flexibility index (Phi) is 6.28. The fourth-order valence-electron chi connectivity index (χ4n) is 0.998. The highest BCUT2D eigenvalue weighted by Gasteiger charge is 2.18. The van der Waals surface area contributed by atoms with E-state index in [0.29, 0.717) is 6.42 Å². The van der Waals surface area contributed by atoms with E-state index < -0.39 is 0 Å².